The van der Waals surface area contributed by atoms with Crippen LogP contribution < -0.4 is 5.73 Å². The van der Waals surface area contributed by atoms with Gasteiger partial charge in [-0.15, -0.1) is 0 Å². The number of aromatic nitrogens is 1. The van der Waals surface area contributed by atoms with Gasteiger partial charge in [-0.1, -0.05) is 47.5 Å². The highest BCUT2D eigenvalue weighted by Gasteiger charge is 2.13. The van der Waals surface area contributed by atoms with Crippen LogP contribution in [0.3, 0.4) is 0 Å². The predicted molar refractivity (Wildman–Crippen MR) is 84.2 cm³/mol. The van der Waals surface area contributed by atoms with Crippen molar-refractivity contribution in [3.05, 3.63) is 75.9 Å². The Morgan fingerprint density at radius 3 is 2.60 bits per heavy atom. The SMILES string of the molecule is NC(c1cnc2ccccc2c1)c1ccc(Cl)cc1Cl. The fourth-order valence-corrected chi connectivity index (χ4v) is 2.72. The summed E-state index contributed by atoms with van der Waals surface area (Å²) < 4.78 is 0. The summed E-state index contributed by atoms with van der Waals surface area (Å²) in [5.74, 6) is 0. The number of benzene rings is 2. The van der Waals surface area contributed by atoms with E-state index in [-0.39, 0.29) is 6.04 Å². The normalized spacial score (nSPS) is 12.6. The number of hydrogen-bond donors (Lipinski definition) is 1. The highest BCUT2D eigenvalue weighted by molar-refractivity contribution is 6.35. The van der Waals surface area contributed by atoms with Gasteiger partial charge in [0.15, 0.2) is 0 Å². The third-order valence-corrected chi connectivity index (χ3v) is 3.83. The summed E-state index contributed by atoms with van der Waals surface area (Å²) >= 11 is 12.1. The number of nitrogens with zero attached hydrogens (tertiary/aromatic N) is 1. The van der Waals surface area contributed by atoms with E-state index in [1.807, 2.05) is 36.4 Å². The first-order chi connectivity index (χ1) is 9.65. The maximum atomic E-state index is 6.29. The van der Waals surface area contributed by atoms with Gasteiger partial charge in [-0.05, 0) is 35.4 Å². The molecule has 20 heavy (non-hydrogen) atoms. The second kappa shape index (κ2) is 5.41. The summed E-state index contributed by atoms with van der Waals surface area (Å²) in [7, 11) is 0. The zero-order valence-electron chi connectivity index (χ0n) is 10.6. The number of nitrogens with two attached hydrogens (primary N) is 1. The molecule has 0 aliphatic carbocycles. The van der Waals surface area contributed by atoms with Crippen LogP contribution in [-0.2, 0) is 0 Å². The van der Waals surface area contributed by atoms with E-state index in [9.17, 15) is 0 Å². The molecule has 2 nitrogen and oxygen atoms in total. The van der Waals surface area contributed by atoms with Crippen LogP contribution in [0.15, 0.2) is 54.7 Å². The van der Waals surface area contributed by atoms with Gasteiger partial charge in [0.25, 0.3) is 0 Å². The molecule has 1 atom stereocenters. The van der Waals surface area contributed by atoms with Crippen LogP contribution in [0.4, 0.5) is 0 Å². The first-order valence-corrected chi connectivity index (χ1v) is 6.96. The third-order valence-electron chi connectivity index (χ3n) is 3.27. The van der Waals surface area contributed by atoms with Crippen molar-refractivity contribution in [1.29, 1.82) is 0 Å². The highest BCUT2D eigenvalue weighted by Crippen LogP contribution is 2.29. The van der Waals surface area contributed by atoms with E-state index < -0.39 is 0 Å². The highest BCUT2D eigenvalue weighted by atomic mass is 35.5. The van der Waals surface area contributed by atoms with E-state index in [2.05, 4.69) is 4.98 Å². The summed E-state index contributed by atoms with van der Waals surface area (Å²) in [5.41, 5.74) is 9.01. The molecular weight excluding hydrogens is 291 g/mol. The molecule has 0 aliphatic rings. The molecule has 4 heteroatoms. The molecule has 2 aromatic carbocycles. The van der Waals surface area contributed by atoms with E-state index in [0.717, 1.165) is 22.0 Å². The molecule has 1 unspecified atom stereocenters. The molecule has 0 spiro atoms. The van der Waals surface area contributed by atoms with Gasteiger partial charge in [0.2, 0.25) is 0 Å². The Morgan fingerprint density at radius 2 is 1.80 bits per heavy atom. The lowest BCUT2D eigenvalue weighted by Gasteiger charge is -2.14. The molecule has 0 aliphatic heterocycles. The van der Waals surface area contributed by atoms with Crippen molar-refractivity contribution in [3.8, 4) is 0 Å². The molecule has 0 bridgehead atoms. The van der Waals surface area contributed by atoms with E-state index in [1.54, 1.807) is 18.3 Å². The van der Waals surface area contributed by atoms with Gasteiger partial charge in [0.05, 0.1) is 11.6 Å². The summed E-state index contributed by atoms with van der Waals surface area (Å²) in [6.07, 6.45) is 1.79. The van der Waals surface area contributed by atoms with Crippen molar-refractivity contribution in [1.82, 2.24) is 4.98 Å². The fourth-order valence-electron chi connectivity index (χ4n) is 2.19. The minimum absolute atomic E-state index is 0.322. The predicted octanol–water partition coefficient (Wildman–Crippen LogP) is 4.59. The maximum absolute atomic E-state index is 6.29. The average molecular weight is 303 g/mol. The van der Waals surface area contributed by atoms with Gasteiger partial charge >= 0.3 is 0 Å². The topological polar surface area (TPSA) is 38.9 Å². The Balaban J connectivity index is 2.05. The second-order valence-electron chi connectivity index (χ2n) is 4.60. The molecule has 3 rings (SSSR count). The van der Waals surface area contributed by atoms with Crippen LogP contribution >= 0.6 is 23.2 Å². The first-order valence-electron chi connectivity index (χ1n) is 6.20. The van der Waals surface area contributed by atoms with Crippen molar-refractivity contribution in [2.24, 2.45) is 5.73 Å². The van der Waals surface area contributed by atoms with Gasteiger partial charge < -0.3 is 5.73 Å². The summed E-state index contributed by atoms with van der Waals surface area (Å²) in [4.78, 5) is 4.43. The monoisotopic (exact) mass is 302 g/mol. The van der Waals surface area contributed by atoms with Crippen molar-refractivity contribution in [2.45, 2.75) is 6.04 Å². The van der Waals surface area contributed by atoms with Crippen LogP contribution in [0.2, 0.25) is 10.0 Å². The van der Waals surface area contributed by atoms with Crippen molar-refractivity contribution in [2.75, 3.05) is 0 Å². The Morgan fingerprint density at radius 1 is 1.00 bits per heavy atom. The van der Waals surface area contributed by atoms with E-state index in [4.69, 9.17) is 28.9 Å². The standard InChI is InChI=1S/C16H12Cl2N2/c17-12-5-6-13(14(18)8-12)16(19)11-7-10-3-1-2-4-15(10)20-9-11/h1-9,16H,19H2. The molecule has 1 heterocycles. The zero-order valence-corrected chi connectivity index (χ0v) is 12.1. The molecule has 0 amide bonds. The van der Waals surface area contributed by atoms with Crippen molar-refractivity contribution >= 4 is 34.1 Å². The molecule has 2 N–H and O–H groups in total. The molecule has 0 saturated carbocycles. The van der Waals surface area contributed by atoms with E-state index in [0.29, 0.717) is 10.0 Å². The lowest BCUT2D eigenvalue weighted by molar-refractivity contribution is 0.867. The molecule has 3 aromatic rings. The van der Waals surface area contributed by atoms with Crippen LogP contribution in [-0.4, -0.2) is 4.98 Å². The van der Waals surface area contributed by atoms with Crippen LogP contribution in [0.25, 0.3) is 10.9 Å². The number of para-hydroxylation sites is 1. The van der Waals surface area contributed by atoms with Crippen LogP contribution in [0, 0.1) is 0 Å². The van der Waals surface area contributed by atoms with Crippen molar-refractivity contribution in [3.63, 3.8) is 0 Å². The number of hydrogen-bond acceptors (Lipinski definition) is 2. The largest absolute Gasteiger partial charge is 0.320 e. The van der Waals surface area contributed by atoms with Gasteiger partial charge in [-0.25, -0.2) is 0 Å². The van der Waals surface area contributed by atoms with E-state index >= 15 is 0 Å². The molecule has 0 fully saturated rings. The third kappa shape index (κ3) is 2.50. The first kappa shape index (κ1) is 13.4. The maximum Gasteiger partial charge on any atom is 0.0702 e. The average Bonchev–Trinajstić information content (AvgIpc) is 2.46. The van der Waals surface area contributed by atoms with Gasteiger partial charge in [0, 0.05) is 21.6 Å². The van der Waals surface area contributed by atoms with Gasteiger partial charge in [0.1, 0.15) is 0 Å². The van der Waals surface area contributed by atoms with Gasteiger partial charge in [-0.2, -0.15) is 0 Å². The molecule has 100 valence electrons. The molecule has 0 radical (unpaired) electrons. The lowest BCUT2D eigenvalue weighted by atomic mass is 10.00. The quantitative estimate of drug-likeness (QED) is 0.752. The minimum atomic E-state index is -0.322. The second-order valence-corrected chi connectivity index (χ2v) is 5.45. The summed E-state index contributed by atoms with van der Waals surface area (Å²) in [5, 5.41) is 2.23. The van der Waals surface area contributed by atoms with E-state index in [1.165, 1.54) is 0 Å². The number of pyridine rings is 1. The minimum Gasteiger partial charge on any atom is -0.320 e. The van der Waals surface area contributed by atoms with Crippen molar-refractivity contribution < 1.29 is 0 Å². The molecule has 0 saturated heterocycles. The summed E-state index contributed by atoms with van der Waals surface area (Å²) in [6.45, 7) is 0. The Bertz CT molecular complexity index is 771. The Hall–Kier alpha value is -1.61. The Labute approximate surface area is 127 Å². The van der Waals surface area contributed by atoms with Crippen LogP contribution in [0.1, 0.15) is 17.2 Å². The van der Waals surface area contributed by atoms with Crippen LogP contribution in [0.5, 0.6) is 0 Å². The molecular formula is C16H12Cl2N2. The number of fused-ring (bicyclic) bond motifs is 1. The summed E-state index contributed by atoms with van der Waals surface area (Å²) in [6, 6.07) is 15.0. The molecule has 1 aromatic heterocycles. The fraction of sp³-hybridized carbons (Fsp3) is 0.0625. The van der Waals surface area contributed by atoms with Gasteiger partial charge in [-0.3, -0.25) is 4.98 Å². The lowest BCUT2D eigenvalue weighted by Crippen LogP contribution is -2.12. The smallest absolute Gasteiger partial charge is 0.0702 e. The number of rotatable bonds is 2. The Kier molecular flexibility index (Phi) is 3.62. The number of halogens is 2. The zero-order chi connectivity index (χ0) is 14.1.